The maximum Gasteiger partial charge on any atom is 0.161 e. The van der Waals surface area contributed by atoms with Crippen LogP contribution in [0.15, 0.2) is 17.3 Å². The Kier molecular flexibility index (Phi) is 3.60. The molecule has 0 aromatic heterocycles. The zero-order valence-electron chi connectivity index (χ0n) is 10.9. The molecule has 0 amide bonds. The number of benzene rings is 1. The van der Waals surface area contributed by atoms with Gasteiger partial charge >= 0.3 is 0 Å². The number of rotatable bonds is 4. The molecule has 5 heteroatoms. The van der Waals surface area contributed by atoms with Crippen molar-refractivity contribution < 1.29 is 14.3 Å². The molecule has 18 heavy (non-hydrogen) atoms. The van der Waals surface area contributed by atoms with E-state index in [-0.39, 0.29) is 5.92 Å². The highest BCUT2D eigenvalue weighted by Gasteiger charge is 2.26. The van der Waals surface area contributed by atoms with Crippen molar-refractivity contribution in [3.05, 3.63) is 23.3 Å². The number of fused-ring (bicyclic) bond motifs is 1. The first-order valence-corrected chi connectivity index (χ1v) is 5.79. The van der Waals surface area contributed by atoms with Crippen molar-refractivity contribution in [1.29, 1.82) is 0 Å². The van der Waals surface area contributed by atoms with E-state index in [1.807, 2.05) is 12.1 Å². The van der Waals surface area contributed by atoms with Crippen LogP contribution in [0, 0.1) is 5.92 Å². The third kappa shape index (κ3) is 2.20. The van der Waals surface area contributed by atoms with E-state index in [2.05, 4.69) is 5.16 Å². The standard InChI is InChI=1S/C13H18N2O3/c1-16-11-6-8-4-10(13(14)15-18-3)5-9(8)7-12(11)17-2/h6-7,10H,4-5H2,1-3H3,(H2,14,15). The summed E-state index contributed by atoms with van der Waals surface area (Å²) in [5.74, 6) is 2.22. The molecule has 0 atom stereocenters. The van der Waals surface area contributed by atoms with Gasteiger partial charge in [-0.3, -0.25) is 0 Å². The quantitative estimate of drug-likeness (QED) is 0.497. The molecule has 2 N–H and O–H groups in total. The van der Waals surface area contributed by atoms with Crippen LogP contribution in [0.3, 0.4) is 0 Å². The number of hydrogen-bond acceptors (Lipinski definition) is 4. The van der Waals surface area contributed by atoms with Gasteiger partial charge in [0, 0.05) is 5.92 Å². The summed E-state index contributed by atoms with van der Waals surface area (Å²) in [6.45, 7) is 0. The van der Waals surface area contributed by atoms with Crippen LogP contribution in [0.2, 0.25) is 0 Å². The summed E-state index contributed by atoms with van der Waals surface area (Å²) < 4.78 is 10.6. The van der Waals surface area contributed by atoms with E-state index in [4.69, 9.17) is 20.0 Å². The third-order valence-electron chi connectivity index (χ3n) is 3.25. The Labute approximate surface area is 107 Å². The number of nitrogens with two attached hydrogens (primary N) is 1. The molecule has 0 unspecified atom stereocenters. The molecule has 98 valence electrons. The van der Waals surface area contributed by atoms with Gasteiger partial charge in [-0.15, -0.1) is 0 Å². The van der Waals surface area contributed by atoms with Crippen LogP contribution >= 0.6 is 0 Å². The predicted octanol–water partition coefficient (Wildman–Crippen LogP) is 1.34. The summed E-state index contributed by atoms with van der Waals surface area (Å²) in [6, 6.07) is 4.02. The Hall–Kier alpha value is -1.91. The van der Waals surface area contributed by atoms with E-state index in [1.54, 1.807) is 14.2 Å². The summed E-state index contributed by atoms with van der Waals surface area (Å²) in [7, 11) is 4.77. The van der Waals surface area contributed by atoms with Crippen molar-refractivity contribution in [2.45, 2.75) is 12.8 Å². The molecule has 0 spiro atoms. The molecule has 2 rings (SSSR count). The lowest BCUT2D eigenvalue weighted by Gasteiger charge is -2.09. The van der Waals surface area contributed by atoms with Gasteiger partial charge in [0.2, 0.25) is 0 Å². The van der Waals surface area contributed by atoms with Crippen molar-refractivity contribution in [3.8, 4) is 11.5 Å². The molecular formula is C13H18N2O3. The maximum absolute atomic E-state index is 5.87. The van der Waals surface area contributed by atoms with Crippen molar-refractivity contribution in [3.63, 3.8) is 0 Å². The van der Waals surface area contributed by atoms with Crippen molar-refractivity contribution in [1.82, 2.24) is 0 Å². The molecule has 0 bridgehead atoms. The van der Waals surface area contributed by atoms with Crippen LogP contribution in [0.25, 0.3) is 0 Å². The lowest BCUT2D eigenvalue weighted by atomic mass is 10.1. The molecule has 1 aliphatic carbocycles. The van der Waals surface area contributed by atoms with Gasteiger partial charge in [-0.1, -0.05) is 5.16 Å². The highest BCUT2D eigenvalue weighted by Crippen LogP contribution is 2.36. The van der Waals surface area contributed by atoms with Gasteiger partial charge < -0.3 is 20.0 Å². The summed E-state index contributed by atoms with van der Waals surface area (Å²) in [5.41, 5.74) is 8.33. The molecule has 0 aliphatic heterocycles. The molecule has 0 saturated heterocycles. The van der Waals surface area contributed by atoms with Crippen LogP contribution in [-0.2, 0) is 17.7 Å². The minimum atomic E-state index is 0.191. The summed E-state index contributed by atoms with van der Waals surface area (Å²) in [4.78, 5) is 4.72. The topological polar surface area (TPSA) is 66.1 Å². The number of oxime groups is 1. The molecular weight excluding hydrogens is 232 g/mol. The zero-order chi connectivity index (χ0) is 13.1. The van der Waals surface area contributed by atoms with Crippen LogP contribution < -0.4 is 15.2 Å². The molecule has 0 radical (unpaired) electrons. The van der Waals surface area contributed by atoms with Gasteiger partial charge in [-0.05, 0) is 36.1 Å². The number of methoxy groups -OCH3 is 2. The Morgan fingerprint density at radius 2 is 1.61 bits per heavy atom. The van der Waals surface area contributed by atoms with E-state index in [0.29, 0.717) is 5.84 Å². The smallest absolute Gasteiger partial charge is 0.161 e. The molecule has 0 fully saturated rings. The summed E-state index contributed by atoms with van der Waals surface area (Å²) in [6.07, 6.45) is 1.71. The van der Waals surface area contributed by atoms with Crippen molar-refractivity contribution in [2.75, 3.05) is 21.3 Å². The first-order chi connectivity index (χ1) is 8.69. The van der Waals surface area contributed by atoms with Crippen LogP contribution in [0.4, 0.5) is 0 Å². The van der Waals surface area contributed by atoms with Crippen molar-refractivity contribution in [2.24, 2.45) is 16.8 Å². The average molecular weight is 250 g/mol. The minimum Gasteiger partial charge on any atom is -0.493 e. The first kappa shape index (κ1) is 12.5. The lowest BCUT2D eigenvalue weighted by Crippen LogP contribution is -2.24. The second kappa shape index (κ2) is 5.16. The van der Waals surface area contributed by atoms with Crippen LogP contribution in [0.5, 0.6) is 11.5 Å². The Morgan fingerprint density at radius 3 is 2.00 bits per heavy atom. The molecule has 0 heterocycles. The second-order valence-electron chi connectivity index (χ2n) is 4.28. The molecule has 1 aromatic rings. The molecule has 5 nitrogen and oxygen atoms in total. The Morgan fingerprint density at radius 1 is 1.11 bits per heavy atom. The van der Waals surface area contributed by atoms with Gasteiger partial charge in [-0.2, -0.15) is 0 Å². The number of nitrogens with zero attached hydrogens (tertiary/aromatic N) is 1. The first-order valence-electron chi connectivity index (χ1n) is 5.79. The fourth-order valence-corrected chi connectivity index (χ4v) is 2.34. The number of hydrogen-bond donors (Lipinski definition) is 1. The fraction of sp³-hybridized carbons (Fsp3) is 0.462. The van der Waals surface area contributed by atoms with E-state index in [1.165, 1.54) is 18.2 Å². The van der Waals surface area contributed by atoms with Gasteiger partial charge in [0.05, 0.1) is 14.2 Å². The van der Waals surface area contributed by atoms with Gasteiger partial charge in [0.25, 0.3) is 0 Å². The van der Waals surface area contributed by atoms with E-state index in [9.17, 15) is 0 Å². The van der Waals surface area contributed by atoms with Crippen molar-refractivity contribution >= 4 is 5.84 Å². The monoisotopic (exact) mass is 250 g/mol. The van der Waals surface area contributed by atoms with Crippen LogP contribution in [0.1, 0.15) is 11.1 Å². The average Bonchev–Trinajstić information content (AvgIpc) is 2.80. The second-order valence-corrected chi connectivity index (χ2v) is 4.28. The normalized spacial score (nSPS) is 15.4. The number of amidine groups is 1. The van der Waals surface area contributed by atoms with E-state index >= 15 is 0 Å². The third-order valence-corrected chi connectivity index (χ3v) is 3.25. The fourth-order valence-electron chi connectivity index (χ4n) is 2.34. The maximum atomic E-state index is 5.87. The molecule has 1 aromatic carbocycles. The molecule has 0 saturated carbocycles. The van der Waals surface area contributed by atoms with Gasteiger partial charge in [0.1, 0.15) is 12.9 Å². The van der Waals surface area contributed by atoms with Gasteiger partial charge in [-0.25, -0.2) is 0 Å². The van der Waals surface area contributed by atoms with Crippen LogP contribution in [-0.4, -0.2) is 27.2 Å². The molecule has 1 aliphatic rings. The largest absolute Gasteiger partial charge is 0.493 e. The predicted molar refractivity (Wildman–Crippen MR) is 69.1 cm³/mol. The minimum absolute atomic E-state index is 0.191. The van der Waals surface area contributed by atoms with Gasteiger partial charge in [0.15, 0.2) is 11.5 Å². The zero-order valence-corrected chi connectivity index (χ0v) is 10.9. The van der Waals surface area contributed by atoms with E-state index < -0.39 is 0 Å². The number of ether oxygens (including phenoxy) is 2. The highest BCUT2D eigenvalue weighted by atomic mass is 16.6. The highest BCUT2D eigenvalue weighted by molar-refractivity contribution is 5.83. The van der Waals surface area contributed by atoms with E-state index in [0.717, 1.165) is 24.3 Å². The lowest BCUT2D eigenvalue weighted by molar-refractivity contribution is 0.210. The SMILES string of the molecule is CO/N=C(\N)C1Cc2cc(OC)c(OC)cc2C1. The Balaban J connectivity index is 2.27. The Bertz CT molecular complexity index is 439. The summed E-state index contributed by atoms with van der Waals surface area (Å²) >= 11 is 0. The summed E-state index contributed by atoms with van der Waals surface area (Å²) in [5, 5.41) is 3.81.